The number of likely N-dealkylation sites (tertiary alicyclic amines) is 1. The van der Waals surface area contributed by atoms with Gasteiger partial charge in [0.2, 0.25) is 29.4 Å². The average molecular weight is 771 g/mol. The molecule has 1 aliphatic heterocycles. The van der Waals surface area contributed by atoms with Crippen molar-refractivity contribution >= 4 is 41.4 Å². The molecule has 5 atom stereocenters. The van der Waals surface area contributed by atoms with Crippen LogP contribution in [0, 0.1) is 25.7 Å². The van der Waals surface area contributed by atoms with Gasteiger partial charge in [0, 0.05) is 13.0 Å². The minimum atomic E-state index is -1.26. The van der Waals surface area contributed by atoms with E-state index in [0.29, 0.717) is 12.0 Å². The van der Waals surface area contributed by atoms with Crippen molar-refractivity contribution in [1.29, 1.82) is 0 Å². The minimum absolute atomic E-state index is 0.0799. The molecule has 1 saturated carbocycles. The van der Waals surface area contributed by atoms with Crippen molar-refractivity contribution in [2.45, 2.75) is 143 Å². The molecule has 0 spiro atoms. The number of ketones is 1. The number of amides is 6. The maximum absolute atomic E-state index is 14.4. The summed E-state index contributed by atoms with van der Waals surface area (Å²) in [7, 11) is 0. The Morgan fingerprint density at radius 1 is 0.927 bits per heavy atom. The van der Waals surface area contributed by atoms with Crippen LogP contribution in [0.4, 0.5) is 4.79 Å². The van der Waals surface area contributed by atoms with Crippen LogP contribution in [0.5, 0.6) is 0 Å². The van der Waals surface area contributed by atoms with Gasteiger partial charge < -0.3 is 41.4 Å². The molecule has 3 rings (SSSR count). The zero-order valence-electron chi connectivity index (χ0n) is 33.8. The van der Waals surface area contributed by atoms with Gasteiger partial charge in [0.1, 0.15) is 18.1 Å². The summed E-state index contributed by atoms with van der Waals surface area (Å²) < 4.78 is 11.6. The normalized spacial score (nSPS) is 19.2. The van der Waals surface area contributed by atoms with Crippen molar-refractivity contribution < 1.29 is 43.0 Å². The molecule has 1 heterocycles. The van der Waals surface area contributed by atoms with Crippen LogP contribution in [0.25, 0.3) is 0 Å². The van der Waals surface area contributed by atoms with Gasteiger partial charge in [0.15, 0.2) is 0 Å². The lowest BCUT2D eigenvalue weighted by molar-refractivity contribution is -0.143. The third-order valence-electron chi connectivity index (χ3n) is 9.59. The maximum Gasteiger partial charge on any atom is 0.407 e. The highest BCUT2D eigenvalue weighted by Gasteiger charge is 2.46. The Labute approximate surface area is 324 Å². The van der Waals surface area contributed by atoms with Crippen molar-refractivity contribution in [1.82, 2.24) is 26.2 Å². The van der Waals surface area contributed by atoms with E-state index in [0.717, 1.165) is 43.2 Å². The molecule has 55 heavy (non-hydrogen) atoms. The zero-order valence-corrected chi connectivity index (χ0v) is 33.8. The van der Waals surface area contributed by atoms with Gasteiger partial charge >= 0.3 is 6.09 Å². The molecule has 306 valence electrons. The molecule has 2 aliphatic rings. The van der Waals surface area contributed by atoms with Crippen molar-refractivity contribution in [3.63, 3.8) is 0 Å². The highest BCUT2D eigenvalue weighted by Crippen LogP contribution is 2.31. The first-order valence-electron chi connectivity index (χ1n) is 19.5. The van der Waals surface area contributed by atoms with Gasteiger partial charge in [-0.2, -0.15) is 0 Å². The molecule has 15 nitrogen and oxygen atoms in total. The average Bonchev–Trinajstić information content (AvgIpc) is 3.52. The van der Waals surface area contributed by atoms with Gasteiger partial charge in [-0.1, -0.05) is 75.8 Å². The number of nitrogens with one attached hydrogen (secondary N) is 4. The molecule has 0 bridgehead atoms. The molecule has 1 aromatic carbocycles. The lowest BCUT2D eigenvalue weighted by atomic mass is 9.83. The third-order valence-corrected chi connectivity index (χ3v) is 9.59. The van der Waals surface area contributed by atoms with Crippen LogP contribution >= 0.6 is 0 Å². The molecule has 1 aliphatic carbocycles. The van der Waals surface area contributed by atoms with E-state index in [9.17, 15) is 33.6 Å². The Balaban J connectivity index is 1.76. The Kier molecular flexibility index (Phi) is 16.6. The number of benzene rings is 1. The molecule has 15 heteroatoms. The molecular weight excluding hydrogens is 708 g/mol. The molecule has 1 saturated heterocycles. The second-order valence-corrected chi connectivity index (χ2v) is 16.3. The number of aryl methyl sites for hydroxylation is 2. The van der Waals surface area contributed by atoms with Crippen molar-refractivity contribution in [3.8, 4) is 0 Å². The molecule has 6 N–H and O–H groups in total. The molecule has 6 amide bonds. The van der Waals surface area contributed by atoms with Crippen LogP contribution in [0.2, 0.25) is 0 Å². The minimum Gasteiger partial charge on any atom is -0.449 e. The number of alkyl carbamates (subject to hydrolysis) is 1. The number of carbonyl (C=O) groups is 7. The molecule has 1 aromatic rings. The largest absolute Gasteiger partial charge is 0.449 e. The van der Waals surface area contributed by atoms with Gasteiger partial charge in [0.25, 0.3) is 5.91 Å². The van der Waals surface area contributed by atoms with Crippen LogP contribution in [-0.4, -0.2) is 95.8 Å². The smallest absolute Gasteiger partial charge is 0.407 e. The second kappa shape index (κ2) is 20.4. The number of hydrogen-bond acceptors (Lipinski definition) is 9. The monoisotopic (exact) mass is 770 g/mol. The van der Waals surface area contributed by atoms with Gasteiger partial charge in [-0.3, -0.25) is 28.8 Å². The van der Waals surface area contributed by atoms with Crippen LogP contribution < -0.4 is 27.0 Å². The van der Waals surface area contributed by atoms with Crippen LogP contribution in [0.3, 0.4) is 0 Å². The Morgan fingerprint density at radius 3 is 2.13 bits per heavy atom. The predicted octanol–water partition coefficient (Wildman–Crippen LogP) is 3.03. The summed E-state index contributed by atoms with van der Waals surface area (Å²) in [5.41, 5.74) is 7.18. The number of nitrogens with two attached hydrogens (primary N) is 1. The van der Waals surface area contributed by atoms with Gasteiger partial charge in [-0.25, -0.2) is 4.79 Å². The number of primary amides is 1. The van der Waals surface area contributed by atoms with Crippen molar-refractivity contribution in [2.75, 3.05) is 19.7 Å². The summed E-state index contributed by atoms with van der Waals surface area (Å²) in [4.78, 5) is 94.3. The van der Waals surface area contributed by atoms with E-state index in [1.165, 1.54) is 4.90 Å². The first-order chi connectivity index (χ1) is 25.8. The summed E-state index contributed by atoms with van der Waals surface area (Å²) >= 11 is 0. The molecular formula is C40H62N6O9. The van der Waals surface area contributed by atoms with E-state index in [2.05, 4.69) is 21.3 Å². The molecule has 2 unspecified atom stereocenters. The summed E-state index contributed by atoms with van der Waals surface area (Å²) in [6.45, 7) is 14.5. The zero-order chi connectivity index (χ0) is 41.0. The quantitative estimate of drug-likeness (QED) is 0.147. The number of ether oxygens (including phenoxy) is 2. The summed E-state index contributed by atoms with van der Waals surface area (Å²) in [6, 6.07) is 0.926. The number of rotatable bonds is 17. The fraction of sp³-hybridized carbons (Fsp3) is 0.675. The van der Waals surface area contributed by atoms with E-state index >= 15 is 0 Å². The number of hydrogen-bond donors (Lipinski definition) is 5. The number of carbonyl (C=O) groups excluding carboxylic acids is 7. The fourth-order valence-electron chi connectivity index (χ4n) is 7.25. The third kappa shape index (κ3) is 13.9. The van der Waals surface area contributed by atoms with Gasteiger partial charge in [-0.05, 0) is 71.3 Å². The first-order valence-corrected chi connectivity index (χ1v) is 19.5. The number of Topliss-reactive ketones (excluding diaryl/α,β-unsaturated/α-hetero) is 1. The summed E-state index contributed by atoms with van der Waals surface area (Å²) in [5.74, 6) is -4.78. The second-order valence-electron chi connectivity index (χ2n) is 16.3. The predicted molar refractivity (Wildman–Crippen MR) is 205 cm³/mol. The van der Waals surface area contributed by atoms with E-state index in [-0.39, 0.29) is 37.8 Å². The topological polar surface area (TPSA) is 215 Å². The summed E-state index contributed by atoms with van der Waals surface area (Å²) in [5, 5.41) is 10.3. The lowest BCUT2D eigenvalue weighted by Gasteiger charge is -2.34. The molecule has 0 radical (unpaired) electrons. The van der Waals surface area contributed by atoms with Crippen molar-refractivity contribution in [3.05, 3.63) is 34.9 Å². The van der Waals surface area contributed by atoms with Gasteiger partial charge in [0.05, 0.1) is 30.9 Å². The highest BCUT2D eigenvalue weighted by molar-refractivity contribution is 6.38. The van der Waals surface area contributed by atoms with Crippen LogP contribution in [-0.2, 0) is 38.2 Å². The van der Waals surface area contributed by atoms with E-state index in [4.69, 9.17) is 15.2 Å². The first kappa shape index (κ1) is 44.9. The van der Waals surface area contributed by atoms with Crippen LogP contribution in [0.15, 0.2) is 18.2 Å². The van der Waals surface area contributed by atoms with Crippen molar-refractivity contribution in [2.24, 2.45) is 17.6 Å². The Morgan fingerprint density at radius 2 is 1.56 bits per heavy atom. The Hall–Kier alpha value is -4.53. The maximum atomic E-state index is 14.4. The summed E-state index contributed by atoms with van der Waals surface area (Å²) in [6.07, 6.45) is 3.72. The van der Waals surface area contributed by atoms with E-state index in [1.54, 1.807) is 19.1 Å². The van der Waals surface area contributed by atoms with Gasteiger partial charge in [-0.15, -0.1) is 0 Å². The standard InChI is InChI=1S/C40H62N6O9/c1-9-13-29(34(48)37(51)42-20-31(47)44-32(35(41)49)27-17-24(4)16-25(5)18-27)43-36(50)30-19-28(55-40(6,7)8)21-46(30)38(52)33(26-14-11-10-12-15-26)45-39(53)54-22-23(2)3/h16-18,23,26,28-30,32-33H,9-15,19-22H2,1-8H3,(H2,41,49)(H,42,51)(H,43,50)(H,44,47)(H,45,53)/t28-,29?,30+,32?,33+/m1/s1. The van der Waals surface area contributed by atoms with Crippen LogP contribution in [0.1, 0.15) is 116 Å². The molecule has 2 fully saturated rings. The SMILES string of the molecule is CCCC(NC(=O)[C@@H]1C[C@@H](OC(C)(C)C)CN1C(=O)[C@@H](NC(=O)OCC(C)C)C1CCCCC1)C(=O)C(=O)NCC(=O)NC(C(N)=O)c1cc(C)cc(C)c1. The fourth-order valence-corrected chi connectivity index (χ4v) is 7.25. The highest BCUT2D eigenvalue weighted by atomic mass is 16.5. The lowest BCUT2D eigenvalue weighted by Crippen LogP contribution is -2.58. The molecule has 0 aromatic heterocycles. The Bertz CT molecular complexity index is 1530. The van der Waals surface area contributed by atoms with E-state index < -0.39 is 83.8 Å². The number of nitrogens with zero attached hydrogens (tertiary/aromatic N) is 1. The van der Waals surface area contributed by atoms with E-state index in [1.807, 2.05) is 54.5 Å².